The molecule has 1 unspecified atom stereocenters. The van der Waals surface area contributed by atoms with Crippen LogP contribution in [-0.2, 0) is 11.3 Å². The molecular weight excluding hydrogens is 319 g/mol. The molecule has 4 nitrogen and oxygen atoms in total. The number of aromatic nitrogens is 1. The van der Waals surface area contributed by atoms with E-state index in [4.69, 9.17) is 9.47 Å². The molecule has 0 spiro atoms. The SMILES string of the molecule is Fc1ccccc1Oc1cc(CNC2[C@@H]3C[C@@H]4CO[C@H]2[C@H]4C3)ccn1. The van der Waals surface area contributed by atoms with Crippen LogP contribution in [0.5, 0.6) is 11.6 Å². The van der Waals surface area contributed by atoms with Gasteiger partial charge >= 0.3 is 0 Å². The Labute approximate surface area is 146 Å². The zero-order valence-corrected chi connectivity index (χ0v) is 13.9. The summed E-state index contributed by atoms with van der Waals surface area (Å²) in [6.07, 6.45) is 4.71. The molecule has 1 N–H and O–H groups in total. The predicted molar refractivity (Wildman–Crippen MR) is 90.8 cm³/mol. The molecule has 2 saturated carbocycles. The minimum absolute atomic E-state index is 0.193. The van der Waals surface area contributed by atoms with Gasteiger partial charge in [0.1, 0.15) is 0 Å². The highest BCUT2D eigenvalue weighted by atomic mass is 19.1. The highest BCUT2D eigenvalue weighted by Crippen LogP contribution is 2.53. The topological polar surface area (TPSA) is 43.4 Å². The fourth-order valence-corrected chi connectivity index (χ4v) is 4.86. The Bertz CT molecular complexity index is 782. The van der Waals surface area contributed by atoms with E-state index in [0.717, 1.165) is 36.5 Å². The molecule has 25 heavy (non-hydrogen) atoms. The lowest BCUT2D eigenvalue weighted by Gasteiger charge is -2.27. The number of rotatable bonds is 5. The van der Waals surface area contributed by atoms with Crippen molar-refractivity contribution in [3.05, 3.63) is 54.0 Å². The zero-order chi connectivity index (χ0) is 16.8. The first-order valence-electron chi connectivity index (χ1n) is 9.00. The number of hydrogen-bond acceptors (Lipinski definition) is 4. The second-order valence-corrected chi connectivity index (χ2v) is 7.39. The maximum absolute atomic E-state index is 13.7. The van der Waals surface area contributed by atoms with Gasteiger partial charge in [0.25, 0.3) is 0 Å². The van der Waals surface area contributed by atoms with Gasteiger partial charge in [-0.05, 0) is 54.4 Å². The van der Waals surface area contributed by atoms with Gasteiger partial charge in [-0.2, -0.15) is 0 Å². The van der Waals surface area contributed by atoms with Crippen LogP contribution in [0.25, 0.3) is 0 Å². The first-order chi connectivity index (χ1) is 12.3. The predicted octanol–water partition coefficient (Wildman–Crippen LogP) is 3.53. The molecule has 3 aliphatic rings. The molecule has 2 aliphatic carbocycles. The zero-order valence-electron chi connectivity index (χ0n) is 13.9. The van der Waals surface area contributed by atoms with Crippen molar-refractivity contribution in [3.8, 4) is 11.6 Å². The highest BCUT2D eigenvalue weighted by molar-refractivity contribution is 5.30. The molecule has 1 aliphatic heterocycles. The Hall–Kier alpha value is -1.98. The molecule has 1 aromatic heterocycles. The molecule has 1 saturated heterocycles. The summed E-state index contributed by atoms with van der Waals surface area (Å²) in [5.74, 6) is 2.53. The van der Waals surface area contributed by atoms with Gasteiger partial charge in [-0.25, -0.2) is 9.37 Å². The van der Waals surface area contributed by atoms with E-state index < -0.39 is 0 Å². The van der Waals surface area contributed by atoms with Crippen LogP contribution in [0, 0.1) is 23.6 Å². The lowest BCUT2D eigenvalue weighted by Crippen LogP contribution is -2.43. The number of fused-ring (bicyclic) bond motifs is 1. The molecule has 5 heteroatoms. The summed E-state index contributed by atoms with van der Waals surface area (Å²) in [6, 6.07) is 10.6. The Morgan fingerprint density at radius 3 is 3.04 bits per heavy atom. The van der Waals surface area contributed by atoms with Crippen LogP contribution in [0.1, 0.15) is 18.4 Å². The van der Waals surface area contributed by atoms with Crippen LogP contribution < -0.4 is 10.1 Å². The van der Waals surface area contributed by atoms with Gasteiger partial charge in [-0.1, -0.05) is 12.1 Å². The van der Waals surface area contributed by atoms with Gasteiger partial charge in [0, 0.05) is 24.8 Å². The summed E-state index contributed by atoms with van der Waals surface area (Å²) in [4.78, 5) is 4.19. The van der Waals surface area contributed by atoms with E-state index in [-0.39, 0.29) is 11.6 Å². The van der Waals surface area contributed by atoms with Gasteiger partial charge in [-0.3, -0.25) is 0 Å². The summed E-state index contributed by atoms with van der Waals surface area (Å²) in [7, 11) is 0. The van der Waals surface area contributed by atoms with Crippen LogP contribution in [0.15, 0.2) is 42.6 Å². The largest absolute Gasteiger partial charge is 0.436 e. The van der Waals surface area contributed by atoms with Crippen LogP contribution in [0.2, 0.25) is 0 Å². The average Bonchev–Trinajstić information content (AvgIpc) is 3.25. The van der Waals surface area contributed by atoms with E-state index in [0.29, 0.717) is 18.0 Å². The minimum Gasteiger partial charge on any atom is -0.436 e. The molecule has 2 aromatic rings. The van der Waals surface area contributed by atoms with Crippen LogP contribution in [0.3, 0.4) is 0 Å². The van der Waals surface area contributed by atoms with Crippen molar-refractivity contribution in [2.45, 2.75) is 31.5 Å². The van der Waals surface area contributed by atoms with Crippen molar-refractivity contribution in [3.63, 3.8) is 0 Å². The molecule has 0 radical (unpaired) electrons. The van der Waals surface area contributed by atoms with E-state index >= 15 is 0 Å². The van der Waals surface area contributed by atoms with Crippen LogP contribution in [0.4, 0.5) is 4.39 Å². The Balaban J connectivity index is 1.25. The molecule has 5 atom stereocenters. The van der Waals surface area contributed by atoms with Crippen molar-refractivity contribution in [1.82, 2.24) is 10.3 Å². The summed E-state index contributed by atoms with van der Waals surface area (Å²) >= 11 is 0. The Morgan fingerprint density at radius 2 is 2.12 bits per heavy atom. The second kappa shape index (κ2) is 6.07. The van der Waals surface area contributed by atoms with Gasteiger partial charge < -0.3 is 14.8 Å². The fourth-order valence-electron chi connectivity index (χ4n) is 4.86. The molecule has 130 valence electrons. The van der Waals surface area contributed by atoms with E-state index in [9.17, 15) is 4.39 Å². The van der Waals surface area contributed by atoms with Crippen molar-refractivity contribution >= 4 is 0 Å². The van der Waals surface area contributed by atoms with Gasteiger partial charge in [0.2, 0.25) is 5.88 Å². The van der Waals surface area contributed by atoms with Gasteiger partial charge in [0.15, 0.2) is 11.6 Å². The monoisotopic (exact) mass is 340 g/mol. The summed E-state index contributed by atoms with van der Waals surface area (Å²) in [6.45, 7) is 1.69. The Kier molecular flexibility index (Phi) is 3.71. The number of nitrogens with zero attached hydrogens (tertiary/aromatic N) is 1. The molecule has 5 rings (SSSR count). The molecular formula is C20H21FN2O2. The first-order valence-corrected chi connectivity index (χ1v) is 9.00. The number of ether oxygens (including phenoxy) is 2. The van der Waals surface area contributed by atoms with Crippen molar-refractivity contribution < 1.29 is 13.9 Å². The standard InChI is InChI=1S/C20H21FN2O2/c21-16-3-1-2-4-17(16)25-18-7-12(5-6-22-18)10-23-19-13-8-14-11-24-20(19)15(14)9-13/h1-7,13-15,19-20,23H,8-11H2/t13-,14-,15+,19?,20+/m1/s1. The lowest BCUT2D eigenvalue weighted by molar-refractivity contribution is 0.0756. The number of hydrogen-bond donors (Lipinski definition) is 1. The first kappa shape index (κ1) is 15.3. The van der Waals surface area contributed by atoms with Crippen molar-refractivity contribution in [1.29, 1.82) is 0 Å². The third kappa shape index (κ3) is 2.71. The second-order valence-electron chi connectivity index (χ2n) is 7.39. The van der Waals surface area contributed by atoms with Crippen LogP contribution >= 0.6 is 0 Å². The van der Waals surface area contributed by atoms with E-state index in [1.165, 1.54) is 18.9 Å². The van der Waals surface area contributed by atoms with E-state index in [1.54, 1.807) is 24.4 Å². The maximum atomic E-state index is 13.7. The molecule has 1 aromatic carbocycles. The summed E-state index contributed by atoms with van der Waals surface area (Å²) in [5.41, 5.74) is 1.08. The third-order valence-electron chi connectivity index (χ3n) is 5.96. The lowest BCUT2D eigenvalue weighted by atomic mass is 9.87. The Morgan fingerprint density at radius 1 is 1.20 bits per heavy atom. The normalized spacial score (nSPS) is 32.3. The molecule has 3 fully saturated rings. The van der Waals surface area contributed by atoms with Crippen molar-refractivity contribution in [2.75, 3.05) is 6.61 Å². The molecule has 2 heterocycles. The maximum Gasteiger partial charge on any atom is 0.219 e. The molecule has 0 amide bonds. The van der Waals surface area contributed by atoms with E-state index in [2.05, 4.69) is 10.3 Å². The molecule has 2 bridgehead atoms. The smallest absolute Gasteiger partial charge is 0.219 e. The quantitative estimate of drug-likeness (QED) is 0.904. The van der Waals surface area contributed by atoms with Crippen LogP contribution in [-0.4, -0.2) is 23.7 Å². The highest BCUT2D eigenvalue weighted by Gasteiger charge is 2.56. The number of benzene rings is 1. The van der Waals surface area contributed by atoms with Crippen molar-refractivity contribution in [2.24, 2.45) is 17.8 Å². The average molecular weight is 340 g/mol. The van der Waals surface area contributed by atoms with E-state index in [1.807, 2.05) is 12.1 Å². The minimum atomic E-state index is -0.386. The number of para-hydroxylation sites is 1. The van der Waals surface area contributed by atoms with Gasteiger partial charge in [-0.15, -0.1) is 0 Å². The number of halogens is 1. The number of nitrogens with one attached hydrogen (secondary N) is 1. The fraction of sp³-hybridized carbons (Fsp3) is 0.450. The number of pyridine rings is 1. The summed E-state index contributed by atoms with van der Waals surface area (Å²) in [5, 5.41) is 3.68. The summed E-state index contributed by atoms with van der Waals surface area (Å²) < 4.78 is 25.3. The third-order valence-corrected chi connectivity index (χ3v) is 5.96. The van der Waals surface area contributed by atoms with Gasteiger partial charge in [0.05, 0.1) is 12.7 Å².